The monoisotopic (exact) mass is 222 g/mol. The van der Waals surface area contributed by atoms with Crippen molar-refractivity contribution in [3.63, 3.8) is 0 Å². The largest absolute Gasteiger partial charge is 0.366 e. The first-order chi connectivity index (χ1) is 7.68. The first kappa shape index (κ1) is 11.4. The van der Waals surface area contributed by atoms with E-state index in [1.54, 1.807) is 12.1 Å². The number of benzene rings is 1. The molecule has 88 valence electrons. The predicted molar refractivity (Wildman–Crippen MR) is 65.2 cm³/mol. The van der Waals surface area contributed by atoms with Gasteiger partial charge in [0.1, 0.15) is 5.82 Å². The Bertz CT molecular complexity index is 352. The van der Waals surface area contributed by atoms with E-state index in [4.69, 9.17) is 0 Å². The summed E-state index contributed by atoms with van der Waals surface area (Å²) in [5, 5.41) is 3.40. The van der Waals surface area contributed by atoms with Crippen molar-refractivity contribution in [2.75, 3.05) is 24.5 Å². The molecule has 0 bridgehead atoms. The number of hydrogen-bond acceptors (Lipinski definition) is 2. The Morgan fingerprint density at radius 2 is 2.25 bits per heavy atom. The van der Waals surface area contributed by atoms with Crippen LogP contribution < -0.4 is 10.2 Å². The third-order valence-electron chi connectivity index (χ3n) is 3.19. The number of nitrogens with zero attached hydrogens (tertiary/aromatic N) is 1. The SMILES string of the molecule is CC(C)C1CNCCN1c1cccc(F)c1. The van der Waals surface area contributed by atoms with Crippen LogP contribution >= 0.6 is 0 Å². The average molecular weight is 222 g/mol. The van der Waals surface area contributed by atoms with E-state index >= 15 is 0 Å². The van der Waals surface area contributed by atoms with E-state index < -0.39 is 0 Å². The molecule has 0 aromatic heterocycles. The van der Waals surface area contributed by atoms with Crippen LogP contribution in [0.3, 0.4) is 0 Å². The molecule has 0 aliphatic carbocycles. The lowest BCUT2D eigenvalue weighted by Crippen LogP contribution is -2.53. The van der Waals surface area contributed by atoms with Gasteiger partial charge in [-0.2, -0.15) is 0 Å². The molecule has 1 atom stereocenters. The van der Waals surface area contributed by atoms with E-state index in [1.165, 1.54) is 6.07 Å². The van der Waals surface area contributed by atoms with Gasteiger partial charge in [0.15, 0.2) is 0 Å². The molecule has 1 fully saturated rings. The number of halogens is 1. The van der Waals surface area contributed by atoms with Gasteiger partial charge in [0, 0.05) is 31.4 Å². The van der Waals surface area contributed by atoms with Gasteiger partial charge in [-0.25, -0.2) is 4.39 Å². The maximum Gasteiger partial charge on any atom is 0.125 e. The fourth-order valence-electron chi connectivity index (χ4n) is 2.30. The Labute approximate surface area is 96.5 Å². The summed E-state index contributed by atoms with van der Waals surface area (Å²) < 4.78 is 13.2. The first-order valence-electron chi connectivity index (χ1n) is 5.91. The highest BCUT2D eigenvalue weighted by atomic mass is 19.1. The van der Waals surface area contributed by atoms with E-state index in [9.17, 15) is 4.39 Å². The molecule has 2 nitrogen and oxygen atoms in total. The molecule has 1 aromatic carbocycles. The van der Waals surface area contributed by atoms with Crippen LogP contribution in [-0.2, 0) is 0 Å². The van der Waals surface area contributed by atoms with Crippen LogP contribution in [0.25, 0.3) is 0 Å². The molecule has 1 aliphatic rings. The van der Waals surface area contributed by atoms with Crippen LogP contribution in [0.4, 0.5) is 10.1 Å². The van der Waals surface area contributed by atoms with Crippen LogP contribution in [0.2, 0.25) is 0 Å². The van der Waals surface area contributed by atoms with Crippen LogP contribution in [0.1, 0.15) is 13.8 Å². The highest BCUT2D eigenvalue weighted by Crippen LogP contribution is 2.22. The Hall–Kier alpha value is -1.09. The molecule has 1 saturated heterocycles. The third kappa shape index (κ3) is 2.35. The lowest BCUT2D eigenvalue weighted by molar-refractivity contribution is 0.390. The number of nitrogens with one attached hydrogen (secondary N) is 1. The summed E-state index contributed by atoms with van der Waals surface area (Å²) in [5.74, 6) is 0.412. The fourth-order valence-corrected chi connectivity index (χ4v) is 2.30. The third-order valence-corrected chi connectivity index (χ3v) is 3.19. The summed E-state index contributed by atoms with van der Waals surface area (Å²) in [5.41, 5.74) is 1.00. The summed E-state index contributed by atoms with van der Waals surface area (Å²) in [7, 11) is 0. The molecule has 1 unspecified atom stereocenters. The van der Waals surface area contributed by atoms with Crippen LogP contribution in [0, 0.1) is 11.7 Å². The van der Waals surface area contributed by atoms with Gasteiger partial charge in [0.2, 0.25) is 0 Å². The average Bonchev–Trinajstić information content (AvgIpc) is 2.29. The minimum atomic E-state index is -0.154. The lowest BCUT2D eigenvalue weighted by atomic mass is 10.00. The Morgan fingerprint density at radius 3 is 2.94 bits per heavy atom. The molecule has 2 rings (SSSR count). The molecule has 3 heteroatoms. The molecule has 1 aromatic rings. The molecule has 1 heterocycles. The topological polar surface area (TPSA) is 15.3 Å². The highest BCUT2D eigenvalue weighted by molar-refractivity contribution is 5.48. The van der Waals surface area contributed by atoms with Crippen molar-refractivity contribution in [2.24, 2.45) is 5.92 Å². The molecular weight excluding hydrogens is 203 g/mol. The Morgan fingerprint density at radius 1 is 1.44 bits per heavy atom. The molecular formula is C13H19FN2. The second kappa shape index (κ2) is 4.83. The van der Waals surface area contributed by atoms with E-state index in [-0.39, 0.29) is 5.82 Å². The van der Waals surface area contributed by atoms with Gasteiger partial charge in [0.05, 0.1) is 0 Å². The van der Waals surface area contributed by atoms with Crippen molar-refractivity contribution in [3.8, 4) is 0 Å². The van der Waals surface area contributed by atoms with Gasteiger partial charge < -0.3 is 10.2 Å². The summed E-state index contributed by atoms with van der Waals surface area (Å²) in [6, 6.07) is 7.35. The highest BCUT2D eigenvalue weighted by Gasteiger charge is 2.25. The van der Waals surface area contributed by atoms with Gasteiger partial charge in [-0.3, -0.25) is 0 Å². The van der Waals surface area contributed by atoms with Crippen LogP contribution in [0.15, 0.2) is 24.3 Å². The quantitative estimate of drug-likeness (QED) is 0.825. The van der Waals surface area contributed by atoms with Crippen LogP contribution in [-0.4, -0.2) is 25.7 Å². The summed E-state index contributed by atoms with van der Waals surface area (Å²) in [4.78, 5) is 2.31. The molecule has 0 radical (unpaired) electrons. The van der Waals surface area contributed by atoms with Crippen molar-refractivity contribution in [2.45, 2.75) is 19.9 Å². The second-order valence-corrected chi connectivity index (χ2v) is 4.69. The van der Waals surface area contributed by atoms with Gasteiger partial charge in [-0.1, -0.05) is 19.9 Å². The number of piperazine rings is 1. The molecule has 1 N–H and O–H groups in total. The smallest absolute Gasteiger partial charge is 0.125 e. The number of rotatable bonds is 2. The summed E-state index contributed by atoms with van der Waals surface area (Å²) in [6.45, 7) is 7.33. The minimum Gasteiger partial charge on any atom is -0.366 e. The zero-order chi connectivity index (χ0) is 11.5. The Kier molecular flexibility index (Phi) is 3.44. The minimum absolute atomic E-state index is 0.154. The molecule has 16 heavy (non-hydrogen) atoms. The molecule has 0 amide bonds. The van der Waals surface area contributed by atoms with Gasteiger partial charge in [-0.05, 0) is 24.1 Å². The van der Waals surface area contributed by atoms with Crippen molar-refractivity contribution < 1.29 is 4.39 Å². The van der Waals surface area contributed by atoms with Crippen molar-refractivity contribution >= 4 is 5.69 Å². The maximum atomic E-state index is 13.2. The zero-order valence-electron chi connectivity index (χ0n) is 9.91. The molecule has 0 saturated carbocycles. The summed E-state index contributed by atoms with van der Waals surface area (Å²) >= 11 is 0. The molecule has 0 spiro atoms. The van der Waals surface area contributed by atoms with Gasteiger partial charge in [-0.15, -0.1) is 0 Å². The predicted octanol–water partition coefficient (Wildman–Crippen LogP) is 2.26. The normalized spacial score (nSPS) is 21.5. The van der Waals surface area contributed by atoms with Crippen molar-refractivity contribution in [1.82, 2.24) is 5.32 Å². The van der Waals surface area contributed by atoms with Crippen molar-refractivity contribution in [3.05, 3.63) is 30.1 Å². The summed E-state index contributed by atoms with van der Waals surface area (Å²) in [6.07, 6.45) is 0. The molecule has 1 aliphatic heterocycles. The zero-order valence-corrected chi connectivity index (χ0v) is 9.91. The Balaban J connectivity index is 2.23. The van der Waals surface area contributed by atoms with Gasteiger partial charge >= 0.3 is 0 Å². The van der Waals surface area contributed by atoms with Crippen LogP contribution in [0.5, 0.6) is 0 Å². The maximum absolute atomic E-state index is 13.2. The van der Waals surface area contributed by atoms with E-state index in [0.717, 1.165) is 25.3 Å². The van der Waals surface area contributed by atoms with E-state index in [2.05, 4.69) is 24.1 Å². The second-order valence-electron chi connectivity index (χ2n) is 4.69. The van der Waals surface area contributed by atoms with E-state index in [0.29, 0.717) is 12.0 Å². The van der Waals surface area contributed by atoms with E-state index in [1.807, 2.05) is 6.07 Å². The number of anilines is 1. The standard InChI is InChI=1S/C13H19FN2/c1-10(2)13-9-15-6-7-16(13)12-5-3-4-11(14)8-12/h3-5,8,10,13,15H,6-7,9H2,1-2H3. The van der Waals surface area contributed by atoms with Gasteiger partial charge in [0.25, 0.3) is 0 Å². The first-order valence-corrected chi connectivity index (χ1v) is 5.91. The van der Waals surface area contributed by atoms with Crippen molar-refractivity contribution in [1.29, 1.82) is 0 Å². The fraction of sp³-hybridized carbons (Fsp3) is 0.538. The lowest BCUT2D eigenvalue weighted by Gasteiger charge is -2.40. The number of hydrogen-bond donors (Lipinski definition) is 1.